The van der Waals surface area contributed by atoms with Gasteiger partial charge in [-0.05, 0) is 33.3 Å². The maximum atomic E-state index is 11.5. The quantitative estimate of drug-likeness (QED) is 0.484. The molecular weight excluding hydrogens is 284 g/mol. The van der Waals surface area contributed by atoms with Crippen molar-refractivity contribution in [3.63, 3.8) is 0 Å². The fraction of sp³-hybridized carbons (Fsp3) is 0.462. The number of benzene rings is 1. The Balaban J connectivity index is 2.66. The minimum atomic E-state index is -0.750. The average Bonchev–Trinajstić information content (AvgIpc) is 2.26. The Morgan fingerprint density at radius 2 is 1.65 bits per heavy atom. The molecule has 0 spiro atoms. The van der Waals surface area contributed by atoms with E-state index in [0.717, 1.165) is 5.56 Å². The summed E-state index contributed by atoms with van der Waals surface area (Å²) in [6, 6.07) is 9.60. The van der Waals surface area contributed by atoms with Crippen LogP contribution in [0.3, 0.4) is 0 Å². The summed E-state index contributed by atoms with van der Waals surface area (Å²) in [4.78, 5) is 21.6. The molecule has 0 atom stereocenters. The molecule has 17 heavy (non-hydrogen) atoms. The highest BCUT2D eigenvalue weighted by Crippen LogP contribution is 2.26. The van der Waals surface area contributed by atoms with E-state index in [0.29, 0.717) is 0 Å². The summed E-state index contributed by atoms with van der Waals surface area (Å²) in [6.45, 7) is 7.09. The Bertz CT molecular complexity index is 379. The molecule has 0 saturated carbocycles. The molecule has 0 aliphatic carbocycles. The lowest BCUT2D eigenvalue weighted by molar-refractivity contribution is -0.330. The van der Waals surface area contributed by atoms with Gasteiger partial charge in [0.15, 0.2) is 0 Å². The first-order chi connectivity index (χ1) is 7.73. The summed E-state index contributed by atoms with van der Waals surface area (Å²) in [5.74, 6) is -0.457. The van der Waals surface area contributed by atoms with Crippen LogP contribution in [0.5, 0.6) is 0 Å². The fourth-order valence-electron chi connectivity index (χ4n) is 1.13. The van der Waals surface area contributed by atoms with E-state index in [2.05, 4.69) is 15.9 Å². The predicted molar refractivity (Wildman–Crippen MR) is 69.7 cm³/mol. The van der Waals surface area contributed by atoms with E-state index >= 15 is 0 Å². The molecule has 1 aromatic rings. The van der Waals surface area contributed by atoms with Gasteiger partial charge in [-0.15, -0.1) is 0 Å². The van der Waals surface area contributed by atoms with Crippen LogP contribution in [-0.2, 0) is 20.2 Å². The molecule has 0 aliphatic heterocycles. The van der Waals surface area contributed by atoms with Gasteiger partial charge in [0.1, 0.15) is 9.93 Å². The molecule has 94 valence electrons. The van der Waals surface area contributed by atoms with Crippen LogP contribution in [0, 0.1) is 0 Å². The van der Waals surface area contributed by atoms with E-state index in [4.69, 9.17) is 9.78 Å². The molecule has 0 bridgehead atoms. The molecule has 0 unspecified atom stereocenters. The summed E-state index contributed by atoms with van der Waals surface area (Å²) in [7, 11) is 0. The number of carbonyl (C=O) groups excluding carboxylic acids is 1. The van der Waals surface area contributed by atoms with Crippen molar-refractivity contribution in [3.8, 4) is 0 Å². The van der Waals surface area contributed by atoms with Crippen molar-refractivity contribution in [2.75, 3.05) is 0 Å². The van der Waals surface area contributed by atoms with Crippen molar-refractivity contribution in [2.24, 2.45) is 0 Å². The van der Waals surface area contributed by atoms with Crippen molar-refractivity contribution in [2.45, 2.75) is 37.6 Å². The van der Waals surface area contributed by atoms with Gasteiger partial charge < -0.3 is 0 Å². The van der Waals surface area contributed by atoms with Crippen LogP contribution in [0.2, 0.25) is 0 Å². The molecule has 0 amide bonds. The van der Waals surface area contributed by atoms with E-state index in [1.54, 1.807) is 13.8 Å². The van der Waals surface area contributed by atoms with E-state index in [9.17, 15) is 4.79 Å². The van der Waals surface area contributed by atoms with Crippen LogP contribution in [0.4, 0.5) is 0 Å². The van der Waals surface area contributed by atoms with Crippen molar-refractivity contribution < 1.29 is 14.6 Å². The molecule has 0 heterocycles. The summed E-state index contributed by atoms with van der Waals surface area (Å²) >= 11 is 3.21. The second-order valence-corrected chi connectivity index (χ2v) is 6.79. The van der Waals surface area contributed by atoms with Gasteiger partial charge in [-0.3, -0.25) is 4.89 Å². The zero-order valence-corrected chi connectivity index (χ0v) is 12.1. The lowest BCUT2D eigenvalue weighted by Gasteiger charge is -2.24. The molecule has 0 aromatic heterocycles. The van der Waals surface area contributed by atoms with Crippen LogP contribution in [0.1, 0.15) is 33.3 Å². The van der Waals surface area contributed by atoms with Gasteiger partial charge in [0.05, 0.1) is 0 Å². The number of hydrogen-bond donors (Lipinski definition) is 0. The first-order valence-electron chi connectivity index (χ1n) is 5.38. The highest BCUT2D eigenvalue weighted by molar-refractivity contribution is 9.10. The van der Waals surface area contributed by atoms with Crippen molar-refractivity contribution in [1.29, 1.82) is 0 Å². The van der Waals surface area contributed by atoms with Crippen molar-refractivity contribution in [3.05, 3.63) is 35.9 Å². The number of carbonyl (C=O) groups is 1. The Labute approximate surface area is 110 Å². The zero-order chi connectivity index (χ0) is 13.1. The molecule has 1 aromatic carbocycles. The third-order valence-electron chi connectivity index (χ3n) is 2.28. The SMILES string of the molecule is CC(C)(Br)C(=O)OOC(C)(C)c1ccccc1. The van der Waals surface area contributed by atoms with E-state index in [1.165, 1.54) is 0 Å². The summed E-state index contributed by atoms with van der Waals surface area (Å²) in [5, 5.41) is 0. The van der Waals surface area contributed by atoms with Gasteiger partial charge in [0.2, 0.25) is 0 Å². The molecule has 4 heteroatoms. The van der Waals surface area contributed by atoms with Gasteiger partial charge in [0, 0.05) is 0 Å². The highest BCUT2D eigenvalue weighted by Gasteiger charge is 2.30. The van der Waals surface area contributed by atoms with E-state index in [-0.39, 0.29) is 0 Å². The van der Waals surface area contributed by atoms with Gasteiger partial charge in [-0.25, -0.2) is 4.79 Å². The van der Waals surface area contributed by atoms with Crippen LogP contribution in [-0.4, -0.2) is 10.3 Å². The normalized spacial score (nSPS) is 12.3. The molecule has 3 nitrogen and oxygen atoms in total. The third-order valence-corrected chi connectivity index (χ3v) is 2.60. The third kappa shape index (κ3) is 4.13. The Kier molecular flexibility index (Phi) is 4.33. The molecular formula is C13H17BrO3. The molecule has 1 rings (SSSR count). The molecule has 0 aliphatic rings. The van der Waals surface area contributed by atoms with Crippen LogP contribution in [0.25, 0.3) is 0 Å². The number of halogens is 1. The summed E-state index contributed by atoms with van der Waals surface area (Å²) in [5.41, 5.74) is 0.273. The van der Waals surface area contributed by atoms with Crippen molar-refractivity contribution >= 4 is 21.9 Å². The minimum Gasteiger partial charge on any atom is -0.296 e. The molecule has 0 saturated heterocycles. The smallest absolute Gasteiger partial charge is 0.296 e. The Hall–Kier alpha value is -0.870. The van der Waals surface area contributed by atoms with Gasteiger partial charge in [0.25, 0.3) is 0 Å². The standard InChI is InChI=1S/C13H17BrO3/c1-12(2,14)11(15)16-17-13(3,4)10-8-6-5-7-9-10/h5-9H,1-4H3. The number of rotatable bonds is 4. The monoisotopic (exact) mass is 300 g/mol. The zero-order valence-electron chi connectivity index (χ0n) is 10.5. The molecule has 0 N–H and O–H groups in total. The summed E-state index contributed by atoms with van der Waals surface area (Å²) in [6.07, 6.45) is 0. The topological polar surface area (TPSA) is 35.5 Å². The Morgan fingerprint density at radius 3 is 2.12 bits per heavy atom. The maximum Gasteiger partial charge on any atom is 0.358 e. The van der Waals surface area contributed by atoms with Crippen LogP contribution < -0.4 is 0 Å². The number of hydrogen-bond acceptors (Lipinski definition) is 3. The summed E-state index contributed by atoms with van der Waals surface area (Å²) < 4.78 is -0.750. The van der Waals surface area contributed by atoms with Gasteiger partial charge >= 0.3 is 5.97 Å². The second kappa shape index (κ2) is 5.19. The first kappa shape index (κ1) is 14.2. The Morgan fingerprint density at radius 1 is 1.12 bits per heavy atom. The first-order valence-corrected chi connectivity index (χ1v) is 6.17. The lowest BCUT2D eigenvalue weighted by Crippen LogP contribution is -2.31. The average molecular weight is 301 g/mol. The van der Waals surface area contributed by atoms with Gasteiger partial charge in [-0.1, -0.05) is 46.3 Å². The maximum absolute atomic E-state index is 11.5. The van der Waals surface area contributed by atoms with Crippen LogP contribution in [0.15, 0.2) is 30.3 Å². The molecule has 0 fully saturated rings. The lowest BCUT2D eigenvalue weighted by atomic mass is 9.99. The predicted octanol–water partition coefficient (Wildman–Crippen LogP) is 3.57. The van der Waals surface area contributed by atoms with Gasteiger partial charge in [-0.2, -0.15) is 4.89 Å². The largest absolute Gasteiger partial charge is 0.358 e. The number of alkyl halides is 1. The van der Waals surface area contributed by atoms with E-state index in [1.807, 2.05) is 44.2 Å². The van der Waals surface area contributed by atoms with E-state index < -0.39 is 15.9 Å². The second-order valence-electron chi connectivity index (χ2n) is 4.80. The van der Waals surface area contributed by atoms with Crippen molar-refractivity contribution in [1.82, 2.24) is 0 Å². The van der Waals surface area contributed by atoms with Crippen LogP contribution >= 0.6 is 15.9 Å². The highest BCUT2D eigenvalue weighted by atomic mass is 79.9. The fourth-order valence-corrected chi connectivity index (χ4v) is 1.19. The minimum absolute atomic E-state index is 0.457. The molecule has 0 radical (unpaired) electrons.